The third-order valence-corrected chi connectivity index (χ3v) is 4.55. The summed E-state index contributed by atoms with van der Waals surface area (Å²) in [6.45, 7) is 4.08. The number of nitrogens with one attached hydrogen (secondary N) is 1. The van der Waals surface area contributed by atoms with Gasteiger partial charge in [0.25, 0.3) is 0 Å². The summed E-state index contributed by atoms with van der Waals surface area (Å²) >= 11 is 3.51. The molecule has 0 aliphatic carbocycles. The number of aryl methyl sites for hydroxylation is 1. The van der Waals surface area contributed by atoms with Crippen LogP contribution in [0.2, 0.25) is 0 Å². The fourth-order valence-electron chi connectivity index (χ4n) is 1.99. The van der Waals surface area contributed by atoms with Crippen molar-refractivity contribution in [1.82, 2.24) is 0 Å². The van der Waals surface area contributed by atoms with Crippen LogP contribution in [-0.2, 0) is 11.2 Å². The summed E-state index contributed by atoms with van der Waals surface area (Å²) in [6.07, 6.45) is 1.17. The molecule has 0 aromatic heterocycles. The summed E-state index contributed by atoms with van der Waals surface area (Å²) in [5, 5.41) is 2.70. The van der Waals surface area contributed by atoms with Gasteiger partial charge in [-0.25, -0.2) is 4.39 Å². The highest BCUT2D eigenvalue weighted by Gasteiger charge is 2.21. The molecule has 17 heavy (non-hydrogen) atoms. The summed E-state index contributed by atoms with van der Waals surface area (Å²) in [4.78, 5) is 11.2. The molecule has 92 valence electrons. The van der Waals surface area contributed by atoms with Crippen molar-refractivity contribution < 1.29 is 9.18 Å². The first-order valence-corrected chi connectivity index (χ1v) is 6.67. The van der Waals surface area contributed by atoms with Crippen molar-refractivity contribution in [3.8, 4) is 0 Å². The number of hydrogen-bond donors (Lipinski definition) is 1. The number of halogens is 2. The lowest BCUT2D eigenvalue weighted by Gasteiger charge is -2.21. The van der Waals surface area contributed by atoms with E-state index in [-0.39, 0.29) is 16.6 Å². The number of benzene rings is 1. The average Bonchev–Trinajstić information content (AvgIpc) is 2.27. The molecule has 1 heterocycles. The molecule has 1 N–H and O–H groups in total. The fourth-order valence-corrected chi connectivity index (χ4v) is 2.34. The van der Waals surface area contributed by atoms with Crippen LogP contribution in [-0.4, -0.2) is 5.91 Å². The van der Waals surface area contributed by atoms with E-state index >= 15 is 0 Å². The summed E-state index contributed by atoms with van der Waals surface area (Å²) in [5.41, 5.74) is 2.31. The molecule has 2 nitrogen and oxygen atoms in total. The van der Waals surface area contributed by atoms with Crippen molar-refractivity contribution >= 4 is 27.5 Å². The molecule has 4 heteroatoms. The first-order valence-electron chi connectivity index (χ1n) is 5.75. The lowest BCUT2D eigenvalue weighted by atomic mass is 9.95. The molecule has 1 aliphatic heterocycles. The Balaban J connectivity index is 2.41. The molecule has 0 saturated heterocycles. The molecule has 1 aromatic carbocycles. The van der Waals surface area contributed by atoms with E-state index in [4.69, 9.17) is 0 Å². The minimum Gasteiger partial charge on any atom is -0.326 e. The minimum absolute atomic E-state index is 0.00503. The molecule has 0 radical (unpaired) electrons. The van der Waals surface area contributed by atoms with Crippen LogP contribution in [0.5, 0.6) is 0 Å². The molecule has 1 aliphatic rings. The SMILES string of the molecule is CC(C)C(Br)c1cc2c(cc1F)NC(=O)CC2. The van der Waals surface area contributed by atoms with Gasteiger partial charge in [-0.2, -0.15) is 0 Å². The van der Waals surface area contributed by atoms with Gasteiger partial charge in [0.05, 0.1) is 0 Å². The maximum atomic E-state index is 13.9. The Labute approximate surface area is 109 Å². The number of amides is 1. The van der Waals surface area contributed by atoms with Crippen LogP contribution >= 0.6 is 15.9 Å². The monoisotopic (exact) mass is 299 g/mol. The van der Waals surface area contributed by atoms with Crippen LogP contribution in [0.15, 0.2) is 12.1 Å². The highest BCUT2D eigenvalue weighted by molar-refractivity contribution is 9.09. The van der Waals surface area contributed by atoms with E-state index in [1.165, 1.54) is 6.07 Å². The lowest BCUT2D eigenvalue weighted by molar-refractivity contribution is -0.116. The number of carbonyl (C=O) groups is 1. The number of fused-ring (bicyclic) bond motifs is 1. The first kappa shape index (κ1) is 12.6. The van der Waals surface area contributed by atoms with Gasteiger partial charge in [-0.05, 0) is 30.0 Å². The van der Waals surface area contributed by atoms with Crippen molar-refractivity contribution in [3.05, 3.63) is 29.1 Å². The largest absolute Gasteiger partial charge is 0.326 e. The average molecular weight is 300 g/mol. The molecule has 1 aromatic rings. The van der Waals surface area contributed by atoms with Gasteiger partial charge in [0.2, 0.25) is 5.91 Å². The van der Waals surface area contributed by atoms with E-state index in [2.05, 4.69) is 21.2 Å². The Bertz CT molecular complexity index is 459. The molecular weight excluding hydrogens is 285 g/mol. The minimum atomic E-state index is -0.262. The zero-order valence-corrected chi connectivity index (χ0v) is 11.5. The Morgan fingerprint density at radius 1 is 1.35 bits per heavy atom. The third-order valence-electron chi connectivity index (χ3n) is 3.00. The van der Waals surface area contributed by atoms with E-state index in [9.17, 15) is 9.18 Å². The van der Waals surface area contributed by atoms with Gasteiger partial charge in [-0.1, -0.05) is 29.8 Å². The topological polar surface area (TPSA) is 29.1 Å². The van der Waals surface area contributed by atoms with E-state index in [1.54, 1.807) is 0 Å². The van der Waals surface area contributed by atoms with Gasteiger partial charge in [0.15, 0.2) is 0 Å². The molecule has 2 rings (SSSR count). The van der Waals surface area contributed by atoms with Gasteiger partial charge in [-0.15, -0.1) is 0 Å². The van der Waals surface area contributed by atoms with E-state index in [0.717, 1.165) is 5.56 Å². The van der Waals surface area contributed by atoms with Gasteiger partial charge >= 0.3 is 0 Å². The molecule has 1 unspecified atom stereocenters. The van der Waals surface area contributed by atoms with E-state index in [0.29, 0.717) is 30.0 Å². The van der Waals surface area contributed by atoms with Gasteiger partial charge < -0.3 is 5.32 Å². The predicted octanol–water partition coefficient (Wildman–Crippen LogP) is 3.80. The van der Waals surface area contributed by atoms with Crippen molar-refractivity contribution in [2.45, 2.75) is 31.5 Å². The normalized spacial score (nSPS) is 16.6. The maximum absolute atomic E-state index is 13.9. The van der Waals surface area contributed by atoms with Crippen molar-refractivity contribution in [1.29, 1.82) is 0 Å². The standard InChI is InChI=1S/C13H15BrFNO/c1-7(2)13(14)9-5-8-3-4-12(17)16-11(8)6-10(9)15/h5-7,13H,3-4H2,1-2H3,(H,16,17). The maximum Gasteiger partial charge on any atom is 0.224 e. The zero-order valence-electron chi connectivity index (χ0n) is 9.89. The quantitative estimate of drug-likeness (QED) is 0.827. The van der Waals surface area contributed by atoms with Gasteiger partial charge in [-0.3, -0.25) is 4.79 Å². The Morgan fingerprint density at radius 3 is 2.71 bits per heavy atom. The van der Waals surface area contributed by atoms with Crippen LogP contribution in [0.3, 0.4) is 0 Å². The van der Waals surface area contributed by atoms with E-state index < -0.39 is 0 Å². The molecule has 0 fully saturated rings. The van der Waals surface area contributed by atoms with Gasteiger partial charge in [0.1, 0.15) is 5.82 Å². The Morgan fingerprint density at radius 2 is 2.06 bits per heavy atom. The van der Waals surface area contributed by atoms with E-state index in [1.807, 2.05) is 19.9 Å². The summed E-state index contributed by atoms with van der Waals surface area (Å²) < 4.78 is 13.9. The van der Waals surface area contributed by atoms with Crippen LogP contribution in [0.4, 0.5) is 10.1 Å². The molecule has 0 bridgehead atoms. The number of alkyl halides is 1. The Kier molecular flexibility index (Phi) is 3.52. The lowest BCUT2D eigenvalue weighted by Crippen LogP contribution is -2.19. The zero-order chi connectivity index (χ0) is 12.6. The molecular formula is C13H15BrFNO. The Hall–Kier alpha value is -0.900. The second kappa shape index (κ2) is 4.77. The first-order chi connectivity index (χ1) is 7.99. The highest BCUT2D eigenvalue weighted by Crippen LogP contribution is 2.36. The van der Waals surface area contributed by atoms with Gasteiger partial charge in [0, 0.05) is 22.5 Å². The van der Waals surface area contributed by atoms with Crippen LogP contribution in [0.1, 0.15) is 36.2 Å². The third kappa shape index (κ3) is 2.51. The summed E-state index contributed by atoms with van der Waals surface area (Å²) in [5.74, 6) is 0.0196. The summed E-state index contributed by atoms with van der Waals surface area (Å²) in [6, 6.07) is 3.29. The van der Waals surface area contributed by atoms with Crippen LogP contribution in [0.25, 0.3) is 0 Å². The smallest absolute Gasteiger partial charge is 0.224 e. The molecule has 1 amide bonds. The van der Waals surface area contributed by atoms with Crippen LogP contribution < -0.4 is 5.32 Å². The molecule has 0 saturated carbocycles. The fraction of sp³-hybridized carbons (Fsp3) is 0.462. The number of rotatable bonds is 2. The second-order valence-electron chi connectivity index (χ2n) is 4.72. The second-order valence-corrected chi connectivity index (χ2v) is 5.71. The predicted molar refractivity (Wildman–Crippen MR) is 69.9 cm³/mol. The van der Waals surface area contributed by atoms with Crippen LogP contribution in [0, 0.1) is 11.7 Å². The number of carbonyl (C=O) groups excluding carboxylic acids is 1. The summed E-state index contributed by atoms with van der Waals surface area (Å²) in [7, 11) is 0. The van der Waals surface area contributed by atoms with Crippen molar-refractivity contribution in [2.24, 2.45) is 5.92 Å². The van der Waals surface area contributed by atoms with Crippen molar-refractivity contribution in [2.75, 3.05) is 5.32 Å². The highest BCUT2D eigenvalue weighted by atomic mass is 79.9. The molecule has 1 atom stereocenters. The number of anilines is 1. The molecule has 0 spiro atoms. The van der Waals surface area contributed by atoms with Crippen molar-refractivity contribution in [3.63, 3.8) is 0 Å². The number of hydrogen-bond acceptors (Lipinski definition) is 1.